The number of rotatable bonds is 6. The van der Waals surface area contributed by atoms with Crippen LogP contribution in [-0.4, -0.2) is 18.3 Å². The van der Waals surface area contributed by atoms with Crippen LogP contribution in [0, 0.1) is 0 Å². The van der Waals surface area contributed by atoms with Crippen LogP contribution in [0.5, 0.6) is 5.75 Å². The first-order valence-electron chi connectivity index (χ1n) is 6.91. The van der Waals surface area contributed by atoms with Gasteiger partial charge in [0, 0.05) is 16.5 Å². The minimum Gasteiger partial charge on any atom is -0.497 e. The highest BCUT2D eigenvalue weighted by atomic mass is 35.5. The summed E-state index contributed by atoms with van der Waals surface area (Å²) in [6, 6.07) is 15.1. The molecule has 0 aliphatic heterocycles. The molecule has 0 saturated carbocycles. The average Bonchev–Trinajstić information content (AvgIpc) is 2.54. The molecule has 0 aromatic heterocycles. The van der Waals surface area contributed by atoms with Crippen LogP contribution in [-0.2, 0) is 11.3 Å². The third-order valence-electron chi connectivity index (χ3n) is 3.12. The molecule has 22 heavy (non-hydrogen) atoms. The lowest BCUT2D eigenvalue weighted by Crippen LogP contribution is -2.30. The zero-order valence-corrected chi connectivity index (χ0v) is 14.1. The highest BCUT2D eigenvalue weighted by molar-refractivity contribution is 8.00. The fraction of sp³-hybridized carbons (Fsp3) is 0.235. The number of ether oxygens (including phenoxy) is 1. The van der Waals surface area contributed by atoms with Gasteiger partial charge in [-0.2, -0.15) is 0 Å². The van der Waals surface area contributed by atoms with Gasteiger partial charge in [-0.05, 0) is 48.9 Å². The van der Waals surface area contributed by atoms with Gasteiger partial charge in [-0.1, -0.05) is 23.7 Å². The zero-order valence-electron chi connectivity index (χ0n) is 12.5. The van der Waals surface area contributed by atoms with Crippen LogP contribution in [0.3, 0.4) is 0 Å². The number of carbonyl (C=O) groups excluding carboxylic acids is 1. The van der Waals surface area contributed by atoms with Crippen molar-refractivity contribution in [3.8, 4) is 5.75 Å². The number of hydrogen-bond donors (Lipinski definition) is 1. The Morgan fingerprint density at radius 3 is 2.41 bits per heavy atom. The monoisotopic (exact) mass is 335 g/mol. The van der Waals surface area contributed by atoms with Gasteiger partial charge in [-0.25, -0.2) is 0 Å². The second kappa shape index (κ2) is 8.11. The van der Waals surface area contributed by atoms with Gasteiger partial charge in [0.05, 0.1) is 12.4 Å². The standard InChI is InChI=1S/C17H18ClNO2S/c1-12(22-16-9-7-15(21-2)8-10-16)17(20)19-11-13-3-5-14(18)6-4-13/h3-10,12H,11H2,1-2H3,(H,19,20)/t12-/m1/s1. The largest absolute Gasteiger partial charge is 0.497 e. The van der Waals surface area contributed by atoms with E-state index in [4.69, 9.17) is 16.3 Å². The van der Waals surface area contributed by atoms with Crippen molar-refractivity contribution in [2.75, 3.05) is 7.11 Å². The molecule has 1 N–H and O–H groups in total. The SMILES string of the molecule is COc1ccc(S[C@H](C)C(=O)NCc2ccc(Cl)cc2)cc1. The molecule has 0 radical (unpaired) electrons. The third kappa shape index (κ3) is 4.97. The van der Waals surface area contributed by atoms with Gasteiger partial charge in [0.2, 0.25) is 5.91 Å². The van der Waals surface area contributed by atoms with Crippen molar-refractivity contribution in [2.24, 2.45) is 0 Å². The van der Waals surface area contributed by atoms with Crippen LogP contribution >= 0.6 is 23.4 Å². The average molecular weight is 336 g/mol. The van der Waals surface area contributed by atoms with Crippen molar-refractivity contribution in [2.45, 2.75) is 23.6 Å². The summed E-state index contributed by atoms with van der Waals surface area (Å²) in [4.78, 5) is 13.2. The van der Waals surface area contributed by atoms with E-state index >= 15 is 0 Å². The Morgan fingerprint density at radius 2 is 1.82 bits per heavy atom. The van der Waals surface area contributed by atoms with Crippen molar-refractivity contribution in [3.63, 3.8) is 0 Å². The summed E-state index contributed by atoms with van der Waals surface area (Å²) in [5.41, 5.74) is 1.03. The quantitative estimate of drug-likeness (QED) is 0.806. The second-order valence-electron chi connectivity index (χ2n) is 4.78. The van der Waals surface area contributed by atoms with E-state index in [1.54, 1.807) is 7.11 Å². The number of hydrogen-bond acceptors (Lipinski definition) is 3. The predicted molar refractivity (Wildman–Crippen MR) is 91.6 cm³/mol. The summed E-state index contributed by atoms with van der Waals surface area (Å²) >= 11 is 7.36. The summed E-state index contributed by atoms with van der Waals surface area (Å²) in [6.07, 6.45) is 0. The maximum atomic E-state index is 12.1. The molecule has 2 aromatic carbocycles. The third-order valence-corrected chi connectivity index (χ3v) is 4.49. The van der Waals surface area contributed by atoms with E-state index in [0.717, 1.165) is 16.2 Å². The van der Waals surface area contributed by atoms with Crippen LogP contribution in [0.15, 0.2) is 53.4 Å². The molecule has 116 valence electrons. The van der Waals surface area contributed by atoms with Gasteiger partial charge < -0.3 is 10.1 Å². The lowest BCUT2D eigenvalue weighted by molar-refractivity contribution is -0.120. The van der Waals surface area contributed by atoms with E-state index in [2.05, 4.69) is 5.32 Å². The fourth-order valence-electron chi connectivity index (χ4n) is 1.85. The Balaban J connectivity index is 1.84. The number of carbonyl (C=O) groups is 1. The molecule has 0 aliphatic rings. The molecule has 0 bridgehead atoms. The molecule has 1 amide bonds. The van der Waals surface area contributed by atoms with Crippen LogP contribution in [0.25, 0.3) is 0 Å². The van der Waals surface area contributed by atoms with E-state index in [0.29, 0.717) is 11.6 Å². The number of thioether (sulfide) groups is 1. The van der Waals surface area contributed by atoms with Crippen LogP contribution < -0.4 is 10.1 Å². The first-order chi connectivity index (χ1) is 10.6. The van der Waals surface area contributed by atoms with Gasteiger partial charge in [0.1, 0.15) is 5.75 Å². The zero-order chi connectivity index (χ0) is 15.9. The van der Waals surface area contributed by atoms with Crippen LogP contribution in [0.1, 0.15) is 12.5 Å². The number of amides is 1. The molecule has 3 nitrogen and oxygen atoms in total. The topological polar surface area (TPSA) is 38.3 Å². The van der Waals surface area contributed by atoms with Gasteiger partial charge >= 0.3 is 0 Å². The number of halogens is 1. The van der Waals surface area contributed by atoms with Crippen LogP contribution in [0.2, 0.25) is 5.02 Å². The fourth-order valence-corrected chi connectivity index (χ4v) is 2.86. The molecule has 0 heterocycles. The van der Waals surface area contributed by atoms with E-state index < -0.39 is 0 Å². The number of methoxy groups -OCH3 is 1. The molecular weight excluding hydrogens is 318 g/mol. The number of nitrogens with one attached hydrogen (secondary N) is 1. The van der Waals surface area contributed by atoms with Crippen molar-refractivity contribution < 1.29 is 9.53 Å². The number of benzene rings is 2. The molecule has 0 aliphatic carbocycles. The van der Waals surface area contributed by atoms with Gasteiger partial charge in [0.25, 0.3) is 0 Å². The van der Waals surface area contributed by atoms with E-state index in [9.17, 15) is 4.79 Å². The normalized spacial score (nSPS) is 11.8. The molecule has 0 unspecified atom stereocenters. The molecule has 0 fully saturated rings. The summed E-state index contributed by atoms with van der Waals surface area (Å²) in [6.45, 7) is 2.40. The molecule has 1 atom stereocenters. The molecule has 2 aromatic rings. The Hall–Kier alpha value is -1.65. The first-order valence-corrected chi connectivity index (χ1v) is 8.17. The Morgan fingerprint density at radius 1 is 1.18 bits per heavy atom. The molecule has 0 spiro atoms. The van der Waals surface area contributed by atoms with Gasteiger partial charge in [-0.3, -0.25) is 4.79 Å². The van der Waals surface area contributed by atoms with E-state index in [-0.39, 0.29) is 11.2 Å². The summed E-state index contributed by atoms with van der Waals surface area (Å²) < 4.78 is 5.12. The van der Waals surface area contributed by atoms with Gasteiger partial charge in [0.15, 0.2) is 0 Å². The molecule has 2 rings (SSSR count). The molecular formula is C17H18ClNO2S. The first kappa shape index (κ1) is 16.7. The maximum Gasteiger partial charge on any atom is 0.233 e. The Bertz CT molecular complexity index is 614. The van der Waals surface area contributed by atoms with E-state index in [1.807, 2.05) is 55.5 Å². The molecule has 5 heteroatoms. The summed E-state index contributed by atoms with van der Waals surface area (Å²) in [5, 5.41) is 3.46. The second-order valence-corrected chi connectivity index (χ2v) is 6.63. The smallest absolute Gasteiger partial charge is 0.233 e. The Labute approximate surface area is 140 Å². The summed E-state index contributed by atoms with van der Waals surface area (Å²) in [7, 11) is 1.63. The minimum atomic E-state index is -0.166. The molecule has 0 saturated heterocycles. The van der Waals surface area contributed by atoms with Crippen molar-refractivity contribution >= 4 is 29.3 Å². The lowest BCUT2D eigenvalue weighted by atomic mass is 10.2. The van der Waals surface area contributed by atoms with Crippen LogP contribution in [0.4, 0.5) is 0 Å². The maximum absolute atomic E-state index is 12.1. The van der Waals surface area contributed by atoms with Crippen molar-refractivity contribution in [1.82, 2.24) is 5.32 Å². The minimum absolute atomic E-state index is 0.00997. The van der Waals surface area contributed by atoms with E-state index in [1.165, 1.54) is 11.8 Å². The highest BCUT2D eigenvalue weighted by Gasteiger charge is 2.14. The Kier molecular flexibility index (Phi) is 6.16. The van der Waals surface area contributed by atoms with Crippen molar-refractivity contribution in [1.29, 1.82) is 0 Å². The van der Waals surface area contributed by atoms with Crippen molar-refractivity contribution in [3.05, 3.63) is 59.1 Å². The predicted octanol–water partition coefficient (Wildman–Crippen LogP) is 4.15. The van der Waals surface area contributed by atoms with Gasteiger partial charge in [-0.15, -0.1) is 11.8 Å². The highest BCUT2D eigenvalue weighted by Crippen LogP contribution is 2.25. The summed E-state index contributed by atoms with van der Waals surface area (Å²) in [5.74, 6) is 0.819. The lowest BCUT2D eigenvalue weighted by Gasteiger charge is -2.12.